The van der Waals surface area contributed by atoms with Crippen LogP contribution < -0.4 is 4.74 Å². The summed E-state index contributed by atoms with van der Waals surface area (Å²) in [4.78, 5) is 11.1. The molecule has 29 heavy (non-hydrogen) atoms. The lowest BCUT2D eigenvalue weighted by molar-refractivity contribution is -0.143. The van der Waals surface area contributed by atoms with Crippen molar-refractivity contribution in [1.29, 1.82) is 0 Å². The van der Waals surface area contributed by atoms with Crippen LogP contribution in [-0.4, -0.2) is 11.1 Å². The van der Waals surface area contributed by atoms with Gasteiger partial charge in [-0.2, -0.15) is 39.5 Å². The van der Waals surface area contributed by atoms with Crippen LogP contribution in [0, 0.1) is 5.82 Å². The van der Waals surface area contributed by atoms with E-state index in [0.717, 1.165) is 0 Å². The number of ether oxygens (including phenoxy) is 1. The Labute approximate surface area is 154 Å². The molecule has 0 aliphatic rings. The van der Waals surface area contributed by atoms with Crippen LogP contribution in [0.25, 0.3) is 0 Å². The highest BCUT2D eigenvalue weighted by molar-refractivity contribution is 5.91. The Morgan fingerprint density at radius 3 is 1.72 bits per heavy atom. The second kappa shape index (κ2) is 7.12. The van der Waals surface area contributed by atoms with E-state index < -0.39 is 64.1 Å². The average Bonchev–Trinajstić information content (AvgIpc) is 2.51. The molecule has 0 fully saturated rings. The van der Waals surface area contributed by atoms with Crippen LogP contribution in [-0.2, 0) is 18.5 Å². The summed E-state index contributed by atoms with van der Waals surface area (Å²) in [6.07, 6.45) is -15.9. The molecule has 0 atom stereocenters. The zero-order chi connectivity index (χ0) is 22.4. The molecule has 2 aromatic carbocycles. The average molecular weight is 436 g/mol. The molecular formula is C16H6F10O3. The lowest BCUT2D eigenvalue weighted by Crippen LogP contribution is -2.15. The molecule has 1 N–H and O–H groups in total. The molecule has 0 aromatic heterocycles. The summed E-state index contributed by atoms with van der Waals surface area (Å²) in [6.45, 7) is 0. The van der Waals surface area contributed by atoms with Crippen molar-refractivity contribution in [3.8, 4) is 11.5 Å². The maximum absolute atomic E-state index is 14.0. The predicted octanol–water partition coefficient (Wildman–Crippen LogP) is 6.37. The van der Waals surface area contributed by atoms with Crippen molar-refractivity contribution in [3.63, 3.8) is 0 Å². The molecule has 0 unspecified atom stereocenters. The zero-order valence-corrected chi connectivity index (χ0v) is 13.4. The van der Waals surface area contributed by atoms with Gasteiger partial charge in [0.25, 0.3) is 0 Å². The topological polar surface area (TPSA) is 46.5 Å². The maximum atomic E-state index is 14.0. The minimum Gasteiger partial charge on any atom is -0.477 e. The fourth-order valence-electron chi connectivity index (χ4n) is 2.20. The summed E-state index contributed by atoms with van der Waals surface area (Å²) >= 11 is 0. The molecule has 0 saturated carbocycles. The van der Waals surface area contributed by atoms with Gasteiger partial charge in [-0.3, -0.25) is 0 Å². The van der Waals surface area contributed by atoms with Crippen LogP contribution in [0.15, 0.2) is 30.3 Å². The first kappa shape index (κ1) is 22.3. The minimum absolute atomic E-state index is 0.0223. The van der Waals surface area contributed by atoms with E-state index in [0.29, 0.717) is 0 Å². The van der Waals surface area contributed by atoms with Gasteiger partial charge in [-0.05, 0) is 30.3 Å². The normalized spacial score (nSPS) is 12.8. The highest BCUT2D eigenvalue weighted by atomic mass is 19.4. The first-order chi connectivity index (χ1) is 13.0. The number of rotatable bonds is 3. The fourth-order valence-corrected chi connectivity index (χ4v) is 2.20. The molecule has 0 heterocycles. The summed E-state index contributed by atoms with van der Waals surface area (Å²) in [6, 6.07) is 0.288. The van der Waals surface area contributed by atoms with Gasteiger partial charge in [0, 0.05) is 0 Å². The summed E-state index contributed by atoms with van der Waals surface area (Å²) < 4.78 is 134. The monoisotopic (exact) mass is 436 g/mol. The second-order valence-electron chi connectivity index (χ2n) is 5.41. The number of carboxylic acid groups (broad SMARTS) is 1. The predicted molar refractivity (Wildman–Crippen MR) is 74.9 cm³/mol. The third-order valence-corrected chi connectivity index (χ3v) is 3.46. The number of carboxylic acids is 1. The zero-order valence-electron chi connectivity index (χ0n) is 13.4. The first-order valence-corrected chi connectivity index (χ1v) is 7.12. The van der Waals surface area contributed by atoms with Crippen LogP contribution in [0.2, 0.25) is 0 Å². The number of aromatic carboxylic acids is 1. The standard InChI is InChI=1S/C16H6F10O3/c17-12-7(15(21,22)23)2-4-10(11(12)13(27)28)29-9-3-1-6(14(18,19)20)5-8(9)16(24,25)26/h1-5H,(H,27,28). The summed E-state index contributed by atoms with van der Waals surface area (Å²) in [7, 11) is 0. The number of hydrogen-bond acceptors (Lipinski definition) is 2. The van der Waals surface area contributed by atoms with Crippen molar-refractivity contribution in [3.05, 3.63) is 58.4 Å². The van der Waals surface area contributed by atoms with Gasteiger partial charge in [-0.1, -0.05) is 0 Å². The number of hydrogen-bond donors (Lipinski definition) is 1. The number of halogens is 10. The van der Waals surface area contributed by atoms with E-state index in [1.807, 2.05) is 0 Å². The van der Waals surface area contributed by atoms with Gasteiger partial charge in [-0.25, -0.2) is 9.18 Å². The molecule has 2 aromatic rings. The Balaban J connectivity index is 2.65. The largest absolute Gasteiger partial charge is 0.477 e. The van der Waals surface area contributed by atoms with Gasteiger partial charge in [-0.15, -0.1) is 0 Å². The third-order valence-electron chi connectivity index (χ3n) is 3.46. The molecular weight excluding hydrogens is 430 g/mol. The van der Waals surface area contributed by atoms with Crippen molar-refractivity contribution in [1.82, 2.24) is 0 Å². The summed E-state index contributed by atoms with van der Waals surface area (Å²) in [5.74, 6) is -7.27. The molecule has 0 amide bonds. The van der Waals surface area contributed by atoms with E-state index in [-0.39, 0.29) is 30.3 Å². The van der Waals surface area contributed by atoms with Crippen LogP contribution in [0.3, 0.4) is 0 Å². The first-order valence-electron chi connectivity index (χ1n) is 7.12. The molecule has 0 aliphatic carbocycles. The van der Waals surface area contributed by atoms with Crippen molar-refractivity contribution in [2.75, 3.05) is 0 Å². The molecule has 0 bridgehead atoms. The Kier molecular flexibility index (Phi) is 5.47. The molecule has 0 radical (unpaired) electrons. The minimum atomic E-state index is -5.41. The van der Waals surface area contributed by atoms with Crippen molar-refractivity contribution in [2.24, 2.45) is 0 Å². The fraction of sp³-hybridized carbons (Fsp3) is 0.188. The van der Waals surface area contributed by atoms with E-state index in [1.54, 1.807) is 0 Å². The molecule has 0 spiro atoms. The van der Waals surface area contributed by atoms with Gasteiger partial charge in [0.1, 0.15) is 17.1 Å². The highest BCUT2D eigenvalue weighted by Crippen LogP contribution is 2.43. The Morgan fingerprint density at radius 2 is 1.28 bits per heavy atom. The van der Waals surface area contributed by atoms with E-state index in [2.05, 4.69) is 4.74 Å². The van der Waals surface area contributed by atoms with Gasteiger partial charge >= 0.3 is 24.5 Å². The lowest BCUT2D eigenvalue weighted by Gasteiger charge is -2.18. The van der Waals surface area contributed by atoms with E-state index >= 15 is 0 Å². The third kappa shape index (κ3) is 4.71. The molecule has 0 saturated heterocycles. The van der Waals surface area contributed by atoms with Crippen LogP contribution >= 0.6 is 0 Å². The number of benzene rings is 2. The van der Waals surface area contributed by atoms with E-state index in [4.69, 9.17) is 5.11 Å². The van der Waals surface area contributed by atoms with E-state index in [9.17, 15) is 48.7 Å². The maximum Gasteiger partial charge on any atom is 0.420 e. The lowest BCUT2D eigenvalue weighted by atomic mass is 10.1. The van der Waals surface area contributed by atoms with Crippen LogP contribution in [0.1, 0.15) is 27.0 Å². The smallest absolute Gasteiger partial charge is 0.420 e. The molecule has 13 heteroatoms. The second-order valence-corrected chi connectivity index (χ2v) is 5.41. The summed E-state index contributed by atoms with van der Waals surface area (Å²) in [5, 5.41) is 8.94. The van der Waals surface area contributed by atoms with Crippen molar-refractivity contribution in [2.45, 2.75) is 18.5 Å². The summed E-state index contributed by atoms with van der Waals surface area (Å²) in [5.41, 5.74) is -7.48. The highest BCUT2D eigenvalue weighted by Gasteiger charge is 2.40. The quantitative estimate of drug-likeness (QED) is 0.569. The van der Waals surface area contributed by atoms with Crippen molar-refractivity contribution < 1.29 is 58.5 Å². The number of alkyl halides is 9. The van der Waals surface area contributed by atoms with Crippen LogP contribution in [0.5, 0.6) is 11.5 Å². The molecule has 158 valence electrons. The van der Waals surface area contributed by atoms with Gasteiger partial charge < -0.3 is 9.84 Å². The van der Waals surface area contributed by atoms with Gasteiger partial charge in [0.15, 0.2) is 5.82 Å². The molecule has 0 aliphatic heterocycles. The van der Waals surface area contributed by atoms with Crippen LogP contribution in [0.4, 0.5) is 43.9 Å². The Morgan fingerprint density at radius 1 is 0.759 bits per heavy atom. The Hall–Kier alpha value is -2.99. The van der Waals surface area contributed by atoms with Gasteiger partial charge in [0.05, 0.1) is 16.7 Å². The molecule has 2 rings (SSSR count). The Bertz CT molecular complexity index is 942. The van der Waals surface area contributed by atoms with Gasteiger partial charge in [0.2, 0.25) is 0 Å². The SMILES string of the molecule is O=C(O)c1c(Oc2ccc(C(F)(F)F)cc2C(F)(F)F)ccc(C(F)(F)F)c1F. The molecule has 3 nitrogen and oxygen atoms in total. The van der Waals surface area contributed by atoms with Crippen molar-refractivity contribution >= 4 is 5.97 Å². The van der Waals surface area contributed by atoms with E-state index in [1.165, 1.54) is 0 Å². The number of carbonyl (C=O) groups is 1.